The summed E-state index contributed by atoms with van der Waals surface area (Å²) >= 11 is 7.51. The highest BCUT2D eigenvalue weighted by molar-refractivity contribution is 7.21. The number of rotatable bonds is 5. The number of thiophene rings is 1. The Morgan fingerprint density at radius 1 is 1.35 bits per heavy atom. The van der Waals surface area contributed by atoms with Crippen LogP contribution in [0.25, 0.3) is 10.2 Å². The van der Waals surface area contributed by atoms with E-state index in [4.69, 9.17) is 16.3 Å². The monoisotopic (exact) mass is 461 g/mol. The fraction of sp³-hybridized carbons (Fsp3) is 0.286. The highest BCUT2D eigenvalue weighted by Crippen LogP contribution is 2.37. The Balaban J connectivity index is 1.59. The second-order valence-corrected chi connectivity index (χ2v) is 8.59. The summed E-state index contributed by atoms with van der Waals surface area (Å²) < 4.78 is 6.67. The maximum Gasteiger partial charge on any atom is 0.264 e. The van der Waals surface area contributed by atoms with Crippen LogP contribution in [0, 0.1) is 0 Å². The fourth-order valence-electron chi connectivity index (χ4n) is 3.38. The van der Waals surface area contributed by atoms with Crippen molar-refractivity contribution in [2.24, 2.45) is 0 Å². The number of aromatic nitrogens is 1. The molecule has 0 bridgehead atoms. The molecule has 2 aromatic heterocycles. The van der Waals surface area contributed by atoms with Gasteiger partial charge in [0, 0.05) is 38.0 Å². The van der Waals surface area contributed by atoms with Gasteiger partial charge in [0.15, 0.2) is 6.10 Å². The number of carbonyl (C=O) groups excluding carboxylic acids is 2. The molecule has 0 radical (unpaired) electrons. The predicted molar refractivity (Wildman–Crippen MR) is 117 cm³/mol. The van der Waals surface area contributed by atoms with E-state index in [2.05, 4.69) is 10.3 Å². The summed E-state index contributed by atoms with van der Waals surface area (Å²) in [4.78, 5) is 30.9. The molecule has 0 aliphatic carbocycles. The maximum absolute atomic E-state index is 12.7. The first kappa shape index (κ1) is 21.5. The number of pyridine rings is 1. The number of likely N-dealkylation sites (tertiary alicyclic amines) is 1. The van der Waals surface area contributed by atoms with Crippen molar-refractivity contribution in [3.05, 3.63) is 52.0 Å². The number of halogens is 1. The third-order valence-corrected chi connectivity index (χ3v) is 6.48. The molecule has 1 fully saturated rings. The number of β-amino-alcohol motifs (C(OH)–C–C–N with tert-alkyl or cyclic N) is 1. The van der Waals surface area contributed by atoms with Gasteiger partial charge in [-0.2, -0.15) is 0 Å². The van der Waals surface area contributed by atoms with Crippen LogP contribution in [0.2, 0.25) is 5.02 Å². The van der Waals surface area contributed by atoms with Crippen molar-refractivity contribution in [2.45, 2.75) is 18.6 Å². The molecule has 1 aliphatic rings. The lowest BCUT2D eigenvalue weighted by Crippen LogP contribution is -2.28. The van der Waals surface area contributed by atoms with Crippen LogP contribution in [0.4, 0.5) is 0 Å². The summed E-state index contributed by atoms with van der Waals surface area (Å²) in [7, 11) is 1.43. The van der Waals surface area contributed by atoms with E-state index >= 15 is 0 Å². The molecule has 0 saturated carbocycles. The van der Waals surface area contributed by atoms with Crippen molar-refractivity contribution in [3.63, 3.8) is 0 Å². The number of aliphatic hydroxyl groups excluding tert-OH is 2. The number of hydrogen-bond donors (Lipinski definition) is 3. The normalized spacial score (nSPS) is 17.0. The molecule has 1 aromatic carbocycles. The molecule has 2 unspecified atom stereocenters. The van der Waals surface area contributed by atoms with Gasteiger partial charge in [-0.3, -0.25) is 14.6 Å². The van der Waals surface area contributed by atoms with Crippen LogP contribution in [-0.4, -0.2) is 58.2 Å². The first-order valence-corrected chi connectivity index (χ1v) is 10.8. The van der Waals surface area contributed by atoms with E-state index in [0.717, 1.165) is 0 Å². The molecule has 8 nitrogen and oxygen atoms in total. The van der Waals surface area contributed by atoms with Crippen LogP contribution in [0.15, 0.2) is 36.5 Å². The van der Waals surface area contributed by atoms with Gasteiger partial charge in [0.2, 0.25) is 0 Å². The largest absolute Gasteiger partial charge is 0.456 e. The molecular weight excluding hydrogens is 442 g/mol. The van der Waals surface area contributed by atoms with Crippen molar-refractivity contribution in [3.8, 4) is 11.5 Å². The van der Waals surface area contributed by atoms with E-state index in [1.54, 1.807) is 29.3 Å². The van der Waals surface area contributed by atoms with Crippen molar-refractivity contribution < 1.29 is 24.5 Å². The number of fused-ring (bicyclic) bond motifs is 1. The quantitative estimate of drug-likeness (QED) is 0.538. The van der Waals surface area contributed by atoms with Crippen molar-refractivity contribution >= 4 is 45.0 Å². The lowest BCUT2D eigenvalue weighted by Gasteiger charge is -2.13. The second kappa shape index (κ2) is 8.80. The van der Waals surface area contributed by atoms with E-state index in [1.165, 1.54) is 30.5 Å². The first-order valence-electron chi connectivity index (χ1n) is 9.60. The Morgan fingerprint density at radius 2 is 2.16 bits per heavy atom. The van der Waals surface area contributed by atoms with Crippen LogP contribution in [0.1, 0.15) is 27.8 Å². The summed E-state index contributed by atoms with van der Waals surface area (Å²) in [6.45, 7) is 0.856. The zero-order chi connectivity index (χ0) is 22.1. The smallest absolute Gasteiger partial charge is 0.264 e. The van der Waals surface area contributed by atoms with Gasteiger partial charge in [-0.15, -0.1) is 11.3 Å². The molecule has 4 rings (SSSR count). The molecule has 162 valence electrons. The number of carbonyl (C=O) groups is 2. The molecule has 1 saturated heterocycles. The number of likely N-dealkylation sites (N-methyl/N-ethyl adjacent to an activating group) is 1. The lowest BCUT2D eigenvalue weighted by atomic mass is 10.1. The van der Waals surface area contributed by atoms with Crippen molar-refractivity contribution in [1.29, 1.82) is 0 Å². The third kappa shape index (κ3) is 4.35. The number of nitrogens with one attached hydrogen (secondary N) is 1. The molecule has 3 heterocycles. The third-order valence-electron chi connectivity index (χ3n) is 5.03. The molecule has 0 spiro atoms. The van der Waals surface area contributed by atoms with Gasteiger partial charge >= 0.3 is 0 Å². The highest BCUT2D eigenvalue weighted by Gasteiger charge is 2.27. The van der Waals surface area contributed by atoms with Crippen LogP contribution in [0.5, 0.6) is 11.5 Å². The minimum Gasteiger partial charge on any atom is -0.456 e. The minimum absolute atomic E-state index is 0.138. The van der Waals surface area contributed by atoms with Gasteiger partial charge in [-0.25, -0.2) is 0 Å². The van der Waals surface area contributed by atoms with Gasteiger partial charge in [-0.1, -0.05) is 17.7 Å². The number of benzene rings is 1. The topological polar surface area (TPSA) is 112 Å². The predicted octanol–water partition coefficient (Wildman–Crippen LogP) is 2.73. The molecule has 2 atom stereocenters. The molecular formula is C21H20ClN3O5S. The van der Waals surface area contributed by atoms with E-state index in [9.17, 15) is 19.8 Å². The molecule has 3 N–H and O–H groups in total. The number of nitrogens with zero attached hydrogens (tertiary/aromatic N) is 2. The van der Waals surface area contributed by atoms with Gasteiger partial charge in [0.25, 0.3) is 11.8 Å². The van der Waals surface area contributed by atoms with Crippen LogP contribution >= 0.6 is 22.9 Å². The van der Waals surface area contributed by atoms with E-state index in [0.29, 0.717) is 46.1 Å². The van der Waals surface area contributed by atoms with Gasteiger partial charge in [-0.05, 0) is 24.6 Å². The average Bonchev–Trinajstić information content (AvgIpc) is 3.39. The number of ether oxygens (including phenoxy) is 1. The standard InChI is InChI=1S/C21H20ClN3O5S/c1-23-20(28)18(27)13-3-2-12(8-14(13)22)30-16-4-6-24-15-9-17(31-19(15)16)21(29)25-7-5-11(26)10-25/h2-4,6,8-9,11,18,26-27H,5,7,10H2,1H3,(H,23,28). The van der Waals surface area contributed by atoms with Gasteiger partial charge in [0.1, 0.15) is 11.5 Å². The molecule has 3 aromatic rings. The summed E-state index contributed by atoms with van der Waals surface area (Å²) in [6, 6.07) is 8.05. The fourth-order valence-corrected chi connectivity index (χ4v) is 4.69. The Labute approximate surface area is 187 Å². The molecule has 2 amide bonds. The second-order valence-electron chi connectivity index (χ2n) is 7.13. The summed E-state index contributed by atoms with van der Waals surface area (Å²) in [5, 5.41) is 22.3. The first-order chi connectivity index (χ1) is 14.9. The summed E-state index contributed by atoms with van der Waals surface area (Å²) in [5.41, 5.74) is 0.897. The van der Waals surface area contributed by atoms with Crippen LogP contribution < -0.4 is 10.1 Å². The zero-order valence-electron chi connectivity index (χ0n) is 16.5. The van der Waals surface area contributed by atoms with E-state index < -0.39 is 18.1 Å². The van der Waals surface area contributed by atoms with E-state index in [-0.39, 0.29) is 16.5 Å². The Bertz CT molecular complexity index is 1150. The summed E-state index contributed by atoms with van der Waals surface area (Å²) in [6.07, 6.45) is 0.303. The number of amides is 2. The molecule has 1 aliphatic heterocycles. The number of aliphatic hydroxyl groups is 2. The van der Waals surface area contributed by atoms with Crippen molar-refractivity contribution in [2.75, 3.05) is 20.1 Å². The van der Waals surface area contributed by atoms with Crippen LogP contribution in [0.3, 0.4) is 0 Å². The molecule has 31 heavy (non-hydrogen) atoms. The Morgan fingerprint density at radius 3 is 2.84 bits per heavy atom. The maximum atomic E-state index is 12.7. The van der Waals surface area contributed by atoms with E-state index in [1.807, 2.05) is 0 Å². The Hall–Kier alpha value is -2.72. The molecule has 10 heteroatoms. The Kier molecular flexibility index (Phi) is 6.10. The minimum atomic E-state index is -1.38. The number of hydrogen-bond acceptors (Lipinski definition) is 7. The lowest BCUT2D eigenvalue weighted by molar-refractivity contribution is -0.129. The highest BCUT2D eigenvalue weighted by atomic mass is 35.5. The summed E-state index contributed by atoms with van der Waals surface area (Å²) in [5.74, 6) is 0.217. The van der Waals surface area contributed by atoms with Gasteiger partial charge in [0.05, 0.1) is 26.2 Å². The van der Waals surface area contributed by atoms with Gasteiger partial charge < -0.3 is 25.2 Å². The SMILES string of the molecule is CNC(=O)C(O)c1ccc(Oc2ccnc3cc(C(=O)N4CCC(O)C4)sc23)cc1Cl. The zero-order valence-corrected chi connectivity index (χ0v) is 18.1. The van der Waals surface area contributed by atoms with Crippen molar-refractivity contribution in [1.82, 2.24) is 15.2 Å². The van der Waals surface area contributed by atoms with Crippen LogP contribution in [-0.2, 0) is 4.79 Å². The average molecular weight is 462 g/mol.